The highest BCUT2D eigenvalue weighted by Crippen LogP contribution is 2.38. The summed E-state index contributed by atoms with van der Waals surface area (Å²) in [6, 6.07) is 4.43. The van der Waals surface area contributed by atoms with Gasteiger partial charge in [-0.1, -0.05) is 19.2 Å². The fourth-order valence-corrected chi connectivity index (χ4v) is 3.55. The van der Waals surface area contributed by atoms with E-state index in [-0.39, 0.29) is 28.6 Å². The van der Waals surface area contributed by atoms with E-state index in [2.05, 4.69) is 33.9 Å². The van der Waals surface area contributed by atoms with Crippen LogP contribution in [0.3, 0.4) is 0 Å². The van der Waals surface area contributed by atoms with Crippen molar-refractivity contribution < 1.29 is 22.0 Å². The Kier molecular flexibility index (Phi) is 6.34. The molecule has 0 radical (unpaired) electrons. The monoisotopic (exact) mass is 465 g/mol. The lowest BCUT2D eigenvalue weighted by molar-refractivity contribution is -0.141. The quantitative estimate of drug-likeness (QED) is 0.541. The molecule has 0 spiro atoms. The lowest BCUT2D eigenvalue weighted by atomic mass is 9.96. The third-order valence-electron chi connectivity index (χ3n) is 5.56. The van der Waals surface area contributed by atoms with E-state index in [0.717, 1.165) is 24.0 Å². The number of hydrogen-bond acceptors (Lipinski definition) is 5. The summed E-state index contributed by atoms with van der Waals surface area (Å²) >= 11 is 0. The number of likely N-dealkylation sites (N-methyl/N-ethyl adjacent to an activating group) is 1. The summed E-state index contributed by atoms with van der Waals surface area (Å²) in [6.07, 6.45) is -3.96. The fraction of sp³-hybridized carbons (Fsp3) is 0.304. The lowest BCUT2D eigenvalue weighted by Crippen LogP contribution is -2.45. The largest absolute Gasteiger partial charge is 0.433 e. The first-order chi connectivity index (χ1) is 15.2. The van der Waals surface area contributed by atoms with Gasteiger partial charge in [0.1, 0.15) is 12.0 Å². The van der Waals surface area contributed by atoms with E-state index < -0.39 is 17.8 Å². The highest BCUT2D eigenvalue weighted by molar-refractivity contribution is 5.79. The number of hydrogen-bond donors (Lipinski definition) is 2. The summed E-state index contributed by atoms with van der Waals surface area (Å²) in [6.45, 7) is 12.7. The standard InChI is InChI=1S/C23H24F5N5/c1-12-15(4)33(6)32-14(3)21(12)13(2)31-18-8-7-16(22(5,24)25)9-17(18)19-10-20(23(26,27)28)30-11-29-19/h7-11,15,31-32H,2-3H2,1,4-6H3. The molecule has 3 rings (SSSR count). The molecule has 1 aromatic carbocycles. The number of nitrogens with one attached hydrogen (secondary N) is 2. The van der Waals surface area contributed by atoms with Gasteiger partial charge in [-0.2, -0.15) is 13.2 Å². The van der Waals surface area contributed by atoms with Crippen LogP contribution >= 0.6 is 0 Å². The Labute approximate surface area is 188 Å². The van der Waals surface area contributed by atoms with Crippen molar-refractivity contribution in [3.05, 3.63) is 77.5 Å². The molecule has 1 unspecified atom stereocenters. The van der Waals surface area contributed by atoms with Crippen molar-refractivity contribution in [2.24, 2.45) is 0 Å². The van der Waals surface area contributed by atoms with Crippen LogP contribution in [-0.2, 0) is 12.1 Å². The Morgan fingerprint density at radius 1 is 1.15 bits per heavy atom. The Morgan fingerprint density at radius 3 is 2.42 bits per heavy atom. The second-order valence-electron chi connectivity index (χ2n) is 7.97. The van der Waals surface area contributed by atoms with Gasteiger partial charge in [-0.3, -0.25) is 0 Å². The minimum atomic E-state index is -4.71. The molecule has 10 heteroatoms. The molecule has 0 amide bonds. The molecule has 33 heavy (non-hydrogen) atoms. The second kappa shape index (κ2) is 8.58. The molecule has 1 aliphatic rings. The van der Waals surface area contributed by atoms with Crippen molar-refractivity contribution in [3.8, 4) is 11.3 Å². The van der Waals surface area contributed by atoms with Crippen LogP contribution in [0.15, 0.2) is 66.3 Å². The normalized spacial score (nSPS) is 17.7. The van der Waals surface area contributed by atoms with Crippen molar-refractivity contribution >= 4 is 5.69 Å². The molecule has 2 aromatic rings. The first-order valence-electron chi connectivity index (χ1n) is 9.98. The van der Waals surface area contributed by atoms with Gasteiger partial charge in [-0.05, 0) is 37.6 Å². The van der Waals surface area contributed by atoms with Gasteiger partial charge < -0.3 is 10.7 Å². The molecule has 0 aliphatic carbocycles. The first-order valence-corrected chi connectivity index (χ1v) is 9.98. The van der Waals surface area contributed by atoms with Gasteiger partial charge in [0.05, 0.1) is 11.4 Å². The van der Waals surface area contributed by atoms with Crippen LogP contribution in [-0.4, -0.2) is 28.1 Å². The van der Waals surface area contributed by atoms with Crippen LogP contribution < -0.4 is 10.7 Å². The average molecular weight is 465 g/mol. The molecule has 1 aromatic heterocycles. The SMILES string of the molecule is C=C(Nc1ccc(C(C)(F)F)cc1-c1cc(C(F)(F)F)ncn1)C1=C(C)C(C)N(C)NC1=C. The number of anilines is 1. The smallest absolute Gasteiger partial charge is 0.355 e. The van der Waals surface area contributed by atoms with Gasteiger partial charge in [0, 0.05) is 48.1 Å². The number of hydrazine groups is 1. The van der Waals surface area contributed by atoms with Gasteiger partial charge in [0.25, 0.3) is 5.92 Å². The van der Waals surface area contributed by atoms with Gasteiger partial charge in [-0.25, -0.2) is 23.8 Å². The Bertz CT molecular complexity index is 1130. The Balaban J connectivity index is 2.10. The summed E-state index contributed by atoms with van der Waals surface area (Å²) in [5.74, 6) is -3.20. The number of aromatic nitrogens is 2. The minimum Gasteiger partial charge on any atom is -0.355 e. The van der Waals surface area contributed by atoms with Crippen molar-refractivity contribution in [2.45, 2.75) is 38.9 Å². The van der Waals surface area contributed by atoms with Crippen LogP contribution in [0, 0.1) is 0 Å². The molecule has 5 nitrogen and oxygen atoms in total. The topological polar surface area (TPSA) is 53.1 Å². The summed E-state index contributed by atoms with van der Waals surface area (Å²) in [5.41, 5.74) is 4.38. The van der Waals surface area contributed by atoms with E-state index in [1.807, 2.05) is 25.9 Å². The van der Waals surface area contributed by atoms with Gasteiger partial charge >= 0.3 is 6.18 Å². The van der Waals surface area contributed by atoms with E-state index in [1.165, 1.54) is 12.1 Å². The molecule has 176 valence electrons. The second-order valence-corrected chi connectivity index (χ2v) is 7.97. The third-order valence-corrected chi connectivity index (χ3v) is 5.56. The summed E-state index contributed by atoms with van der Waals surface area (Å²) in [7, 11) is 1.86. The summed E-state index contributed by atoms with van der Waals surface area (Å²) < 4.78 is 67.6. The van der Waals surface area contributed by atoms with E-state index >= 15 is 0 Å². The molecule has 2 N–H and O–H groups in total. The van der Waals surface area contributed by atoms with Crippen LogP contribution in [0.5, 0.6) is 0 Å². The predicted octanol–water partition coefficient (Wildman–Crippen LogP) is 5.87. The lowest BCUT2D eigenvalue weighted by Gasteiger charge is -2.36. The minimum absolute atomic E-state index is 0.0147. The highest BCUT2D eigenvalue weighted by Gasteiger charge is 2.33. The van der Waals surface area contributed by atoms with Crippen molar-refractivity contribution in [1.29, 1.82) is 0 Å². The van der Waals surface area contributed by atoms with Gasteiger partial charge in [0.15, 0.2) is 0 Å². The first kappa shape index (κ1) is 24.4. The maximum absolute atomic E-state index is 14.0. The molecule has 0 bridgehead atoms. The van der Waals surface area contributed by atoms with Crippen LogP contribution in [0.25, 0.3) is 11.3 Å². The van der Waals surface area contributed by atoms with E-state index in [4.69, 9.17) is 0 Å². The zero-order chi connectivity index (χ0) is 24.7. The Morgan fingerprint density at radius 2 is 1.82 bits per heavy atom. The van der Waals surface area contributed by atoms with Gasteiger partial charge in [0.2, 0.25) is 0 Å². The van der Waals surface area contributed by atoms with Crippen molar-refractivity contribution in [1.82, 2.24) is 20.4 Å². The van der Waals surface area contributed by atoms with Gasteiger partial charge in [-0.15, -0.1) is 0 Å². The summed E-state index contributed by atoms with van der Waals surface area (Å²) in [5, 5.41) is 4.93. The highest BCUT2D eigenvalue weighted by atomic mass is 19.4. The molecular formula is C23H24F5N5. The average Bonchev–Trinajstić information content (AvgIpc) is 2.71. The van der Waals surface area contributed by atoms with Crippen molar-refractivity contribution in [3.63, 3.8) is 0 Å². The predicted molar refractivity (Wildman–Crippen MR) is 117 cm³/mol. The Hall–Kier alpha value is -3.27. The third kappa shape index (κ3) is 5.05. The zero-order valence-corrected chi connectivity index (χ0v) is 18.6. The number of benzene rings is 1. The van der Waals surface area contributed by atoms with Crippen LogP contribution in [0.4, 0.5) is 27.6 Å². The maximum atomic E-state index is 14.0. The number of nitrogens with zero attached hydrogens (tertiary/aromatic N) is 3. The fourth-order valence-electron chi connectivity index (χ4n) is 3.55. The van der Waals surface area contributed by atoms with Crippen LogP contribution in [0.1, 0.15) is 32.0 Å². The molecule has 1 aliphatic heterocycles. The molecule has 0 fully saturated rings. The van der Waals surface area contributed by atoms with E-state index in [9.17, 15) is 22.0 Å². The molecule has 1 atom stereocenters. The zero-order valence-electron chi connectivity index (χ0n) is 18.6. The number of alkyl halides is 5. The molecule has 2 heterocycles. The van der Waals surface area contributed by atoms with E-state index in [0.29, 0.717) is 23.9 Å². The van der Waals surface area contributed by atoms with E-state index in [1.54, 1.807) is 0 Å². The molecule has 0 saturated carbocycles. The molecular weight excluding hydrogens is 441 g/mol. The number of halogens is 5. The number of rotatable bonds is 5. The van der Waals surface area contributed by atoms with Crippen molar-refractivity contribution in [2.75, 3.05) is 12.4 Å². The maximum Gasteiger partial charge on any atom is 0.433 e. The molecule has 0 saturated heterocycles. The van der Waals surface area contributed by atoms with Crippen LogP contribution in [0.2, 0.25) is 0 Å². The summed E-state index contributed by atoms with van der Waals surface area (Å²) in [4.78, 5) is 7.16.